The maximum atomic E-state index is 14.6. The van der Waals surface area contributed by atoms with Crippen LogP contribution in [0.5, 0.6) is 5.75 Å². The van der Waals surface area contributed by atoms with E-state index >= 15 is 0 Å². The lowest BCUT2D eigenvalue weighted by atomic mass is 9.70. The highest BCUT2D eigenvalue weighted by molar-refractivity contribution is 7.89. The molecule has 3 fully saturated rings. The van der Waals surface area contributed by atoms with Crippen LogP contribution < -0.4 is 9.88 Å². The lowest BCUT2D eigenvalue weighted by molar-refractivity contribution is -0.135. The average Bonchev–Trinajstić information content (AvgIpc) is 3.53. The number of aryl methyl sites for hydroxylation is 1. The second kappa shape index (κ2) is 13.1. The van der Waals surface area contributed by atoms with E-state index in [0.717, 1.165) is 42.7 Å². The number of para-hydroxylation sites is 2. The van der Waals surface area contributed by atoms with Gasteiger partial charge in [-0.05, 0) is 106 Å². The Morgan fingerprint density at radius 2 is 1.75 bits per heavy atom. The first kappa shape index (κ1) is 33.0. The van der Waals surface area contributed by atoms with Crippen LogP contribution in [0.3, 0.4) is 0 Å². The van der Waals surface area contributed by atoms with Crippen molar-refractivity contribution >= 4 is 38.6 Å². The molecule has 0 spiro atoms. The van der Waals surface area contributed by atoms with Crippen molar-refractivity contribution < 1.29 is 22.3 Å². The zero-order chi connectivity index (χ0) is 33.6. The van der Waals surface area contributed by atoms with Gasteiger partial charge in [0.2, 0.25) is 10.0 Å². The van der Waals surface area contributed by atoms with E-state index in [-0.39, 0.29) is 39.4 Å². The van der Waals surface area contributed by atoms with Crippen LogP contribution in [0.4, 0.5) is 4.39 Å². The van der Waals surface area contributed by atoms with Gasteiger partial charge in [-0.1, -0.05) is 35.9 Å². The molecule has 2 N–H and O–H groups in total. The minimum absolute atomic E-state index is 0.0137. The van der Waals surface area contributed by atoms with Crippen LogP contribution in [-0.2, 0) is 20.2 Å². The SMILES string of the molecule is Cc1nc2ccccc2n1C1CC2CCC(C1)N2CCC1(c2cccc(F)c2)CCN(C(=O)COc2ccc(Cl)c(S(N)(=O)=O)c2)CC1. The van der Waals surface area contributed by atoms with Gasteiger partial charge in [-0.15, -0.1) is 0 Å². The predicted octanol–water partition coefficient (Wildman–Crippen LogP) is 5.98. The standard InChI is InChI=1S/C36H41ClFN5O4S/c1-24-40-32-7-2-3-8-33(32)43(24)29-20-27-9-10-28(21-29)42(27)18-15-36(25-5-4-6-26(38)19-25)13-16-41(17-14-36)35(44)23-47-30-11-12-31(37)34(22-30)48(39,45)46/h2-8,11-12,19,22,27-29H,9-10,13-18,20-21,23H2,1H3,(H2,39,45,46). The number of aromatic nitrogens is 2. The molecule has 3 aromatic carbocycles. The molecule has 48 heavy (non-hydrogen) atoms. The molecular weight excluding hydrogens is 653 g/mol. The number of ether oxygens (including phenoxy) is 1. The van der Waals surface area contributed by atoms with Crippen LogP contribution in [0.1, 0.15) is 62.4 Å². The number of hydrogen-bond donors (Lipinski definition) is 1. The number of carbonyl (C=O) groups is 1. The molecule has 3 saturated heterocycles. The molecule has 7 rings (SSSR count). The second-order valence-corrected chi connectivity index (χ2v) is 15.6. The van der Waals surface area contributed by atoms with Crippen molar-refractivity contribution in [2.24, 2.45) is 5.14 Å². The molecule has 9 nitrogen and oxygen atoms in total. The molecule has 1 amide bonds. The Kier molecular flexibility index (Phi) is 8.99. The fourth-order valence-corrected chi connectivity index (χ4v) is 9.56. The van der Waals surface area contributed by atoms with E-state index in [2.05, 4.69) is 34.6 Å². The molecule has 1 aromatic heterocycles. The Hall–Kier alpha value is -3.51. The largest absolute Gasteiger partial charge is 0.484 e. The quantitative estimate of drug-likeness (QED) is 0.231. The Bertz CT molecular complexity index is 1930. The van der Waals surface area contributed by atoms with E-state index < -0.39 is 10.0 Å². The fourth-order valence-electron chi connectivity index (χ4n) is 8.50. The molecule has 4 aromatic rings. The molecule has 2 atom stereocenters. The van der Waals surface area contributed by atoms with Gasteiger partial charge in [0.1, 0.15) is 22.3 Å². The van der Waals surface area contributed by atoms with Crippen LogP contribution in [0, 0.1) is 12.7 Å². The number of nitrogens with two attached hydrogens (primary N) is 1. The minimum Gasteiger partial charge on any atom is -0.484 e. The summed E-state index contributed by atoms with van der Waals surface area (Å²) in [6, 6.07) is 20.9. The third kappa shape index (κ3) is 6.45. The summed E-state index contributed by atoms with van der Waals surface area (Å²) in [6.07, 6.45) is 6.89. The van der Waals surface area contributed by atoms with Crippen LogP contribution in [0.15, 0.2) is 71.6 Å². The van der Waals surface area contributed by atoms with Crippen molar-refractivity contribution in [3.63, 3.8) is 0 Å². The maximum Gasteiger partial charge on any atom is 0.260 e. The number of benzene rings is 3. The number of hydrogen-bond acceptors (Lipinski definition) is 6. The van der Waals surface area contributed by atoms with Gasteiger partial charge in [0.15, 0.2) is 6.61 Å². The van der Waals surface area contributed by atoms with E-state index in [1.807, 2.05) is 12.1 Å². The molecule has 12 heteroatoms. The van der Waals surface area contributed by atoms with Crippen molar-refractivity contribution in [2.75, 3.05) is 26.2 Å². The Morgan fingerprint density at radius 1 is 1.02 bits per heavy atom. The molecule has 2 unspecified atom stereocenters. The summed E-state index contributed by atoms with van der Waals surface area (Å²) in [5.74, 6) is 0.826. The highest BCUT2D eigenvalue weighted by atomic mass is 35.5. The number of piperidine rings is 2. The highest BCUT2D eigenvalue weighted by Crippen LogP contribution is 2.45. The summed E-state index contributed by atoms with van der Waals surface area (Å²) in [7, 11) is -4.04. The van der Waals surface area contributed by atoms with Crippen LogP contribution in [0.25, 0.3) is 11.0 Å². The van der Waals surface area contributed by atoms with Gasteiger partial charge in [-0.3, -0.25) is 9.69 Å². The van der Waals surface area contributed by atoms with E-state index in [0.29, 0.717) is 44.1 Å². The topological polar surface area (TPSA) is 111 Å². The van der Waals surface area contributed by atoms with Crippen molar-refractivity contribution in [3.05, 3.63) is 89.0 Å². The zero-order valence-corrected chi connectivity index (χ0v) is 28.6. The molecular formula is C36H41ClFN5O4S. The van der Waals surface area contributed by atoms with Gasteiger partial charge >= 0.3 is 0 Å². The summed E-state index contributed by atoms with van der Waals surface area (Å²) in [4.78, 5) is 22.3. The van der Waals surface area contributed by atoms with E-state index in [1.54, 1.807) is 17.0 Å². The molecule has 0 radical (unpaired) electrons. The molecule has 3 aliphatic rings. The maximum absolute atomic E-state index is 14.6. The Morgan fingerprint density at radius 3 is 2.46 bits per heavy atom. The molecule has 0 aliphatic carbocycles. The average molecular weight is 694 g/mol. The first-order chi connectivity index (χ1) is 23.0. The normalized spacial score (nSPS) is 22.7. The lowest BCUT2D eigenvalue weighted by Crippen LogP contribution is -2.49. The van der Waals surface area contributed by atoms with Crippen molar-refractivity contribution in [1.82, 2.24) is 19.4 Å². The predicted molar refractivity (Wildman–Crippen MR) is 183 cm³/mol. The summed E-state index contributed by atoms with van der Waals surface area (Å²) < 4.78 is 46.4. The third-order valence-corrected chi connectivity index (χ3v) is 12.3. The number of likely N-dealkylation sites (tertiary alicyclic amines) is 1. The van der Waals surface area contributed by atoms with E-state index in [1.165, 1.54) is 42.6 Å². The molecule has 0 saturated carbocycles. The van der Waals surface area contributed by atoms with Crippen molar-refractivity contribution in [2.45, 2.75) is 80.3 Å². The highest BCUT2D eigenvalue weighted by Gasteiger charge is 2.44. The van der Waals surface area contributed by atoms with Gasteiger partial charge in [0, 0.05) is 37.3 Å². The second-order valence-electron chi connectivity index (χ2n) is 13.6. The smallest absolute Gasteiger partial charge is 0.260 e. The van der Waals surface area contributed by atoms with Gasteiger partial charge in [-0.2, -0.15) is 0 Å². The fraction of sp³-hybridized carbons (Fsp3) is 0.444. The number of primary sulfonamides is 1. The zero-order valence-electron chi connectivity index (χ0n) is 27.0. The molecule has 254 valence electrons. The van der Waals surface area contributed by atoms with E-state index in [4.69, 9.17) is 26.5 Å². The van der Waals surface area contributed by atoms with Crippen LogP contribution >= 0.6 is 11.6 Å². The number of nitrogens with zero attached hydrogens (tertiary/aromatic N) is 4. The number of imidazole rings is 1. The number of amides is 1. The Balaban J connectivity index is 1.02. The summed E-state index contributed by atoms with van der Waals surface area (Å²) in [5, 5.41) is 5.24. The third-order valence-electron chi connectivity index (χ3n) is 10.9. The summed E-state index contributed by atoms with van der Waals surface area (Å²) in [6.45, 7) is 3.83. The minimum atomic E-state index is -4.04. The van der Waals surface area contributed by atoms with Crippen LogP contribution in [-0.4, -0.2) is 72.0 Å². The number of carbonyl (C=O) groups excluding carboxylic acids is 1. The molecule has 4 heterocycles. The summed E-state index contributed by atoms with van der Waals surface area (Å²) >= 11 is 5.98. The summed E-state index contributed by atoms with van der Waals surface area (Å²) in [5.41, 5.74) is 3.00. The molecule has 2 bridgehead atoms. The first-order valence-electron chi connectivity index (χ1n) is 16.7. The van der Waals surface area contributed by atoms with Gasteiger partial charge < -0.3 is 14.2 Å². The van der Waals surface area contributed by atoms with E-state index in [9.17, 15) is 17.6 Å². The van der Waals surface area contributed by atoms with Crippen molar-refractivity contribution in [3.8, 4) is 5.75 Å². The van der Waals surface area contributed by atoms with Crippen LogP contribution in [0.2, 0.25) is 5.02 Å². The van der Waals surface area contributed by atoms with Gasteiger partial charge in [0.25, 0.3) is 5.91 Å². The number of rotatable bonds is 9. The number of fused-ring (bicyclic) bond motifs is 3. The monoisotopic (exact) mass is 693 g/mol. The Labute approximate surface area is 285 Å². The first-order valence-corrected chi connectivity index (χ1v) is 18.6. The number of sulfonamides is 1. The van der Waals surface area contributed by atoms with Gasteiger partial charge in [-0.25, -0.2) is 22.9 Å². The molecule has 3 aliphatic heterocycles. The number of halogens is 2. The lowest BCUT2D eigenvalue weighted by Gasteiger charge is -2.45. The van der Waals surface area contributed by atoms with Gasteiger partial charge in [0.05, 0.1) is 16.1 Å². The van der Waals surface area contributed by atoms with Crippen molar-refractivity contribution in [1.29, 1.82) is 0 Å².